The van der Waals surface area contributed by atoms with Gasteiger partial charge in [-0.25, -0.2) is 4.79 Å². The van der Waals surface area contributed by atoms with Gasteiger partial charge in [0.05, 0.1) is 10.5 Å². The predicted molar refractivity (Wildman–Crippen MR) is 107 cm³/mol. The number of nitro benzene ring substituents is 1. The van der Waals surface area contributed by atoms with Gasteiger partial charge in [0.15, 0.2) is 6.61 Å². The van der Waals surface area contributed by atoms with E-state index in [1.807, 2.05) is 23.1 Å². The first-order chi connectivity index (χ1) is 14.0. The summed E-state index contributed by atoms with van der Waals surface area (Å²) >= 11 is 0. The molecule has 0 spiro atoms. The van der Waals surface area contributed by atoms with E-state index >= 15 is 0 Å². The van der Waals surface area contributed by atoms with Crippen molar-refractivity contribution >= 4 is 34.0 Å². The number of anilines is 1. The molecule has 1 N–H and O–H groups in total. The van der Waals surface area contributed by atoms with E-state index in [0.717, 1.165) is 36.8 Å². The standard InChI is InChI=1S/C21H19N3O5/c25-20(16-12-22-17-6-2-1-5-15(16)17)13-29-21(26)14-7-8-18(19(11-14)24(27)28)23-9-3-4-10-23/h1-2,5-8,11-12,22H,3-4,9-10,13H2. The Balaban J connectivity index is 1.48. The Morgan fingerprint density at radius 3 is 2.66 bits per heavy atom. The summed E-state index contributed by atoms with van der Waals surface area (Å²) < 4.78 is 5.12. The smallest absolute Gasteiger partial charge is 0.338 e. The van der Waals surface area contributed by atoms with Crippen LogP contribution in [0, 0.1) is 10.1 Å². The van der Waals surface area contributed by atoms with Crippen LogP contribution in [0.25, 0.3) is 10.9 Å². The van der Waals surface area contributed by atoms with Crippen LogP contribution in [0.4, 0.5) is 11.4 Å². The van der Waals surface area contributed by atoms with Gasteiger partial charge in [-0.05, 0) is 31.0 Å². The zero-order valence-electron chi connectivity index (χ0n) is 15.6. The van der Waals surface area contributed by atoms with Crippen molar-refractivity contribution in [2.45, 2.75) is 12.8 Å². The Morgan fingerprint density at radius 1 is 1.14 bits per heavy atom. The normalized spacial score (nSPS) is 13.6. The number of fused-ring (bicyclic) bond motifs is 1. The van der Waals surface area contributed by atoms with E-state index in [-0.39, 0.29) is 17.0 Å². The van der Waals surface area contributed by atoms with Crippen molar-refractivity contribution in [3.05, 3.63) is 69.9 Å². The summed E-state index contributed by atoms with van der Waals surface area (Å²) in [5, 5.41) is 12.2. The maximum absolute atomic E-state index is 12.4. The SMILES string of the molecule is O=C(OCC(=O)c1c[nH]c2ccccc12)c1ccc(N2CCCC2)c([N+](=O)[O-])c1. The second-order valence-electron chi connectivity index (χ2n) is 6.90. The molecule has 0 bridgehead atoms. The van der Waals surface area contributed by atoms with Gasteiger partial charge in [0.1, 0.15) is 5.69 Å². The molecule has 1 aliphatic rings. The highest BCUT2D eigenvalue weighted by Crippen LogP contribution is 2.31. The summed E-state index contributed by atoms with van der Waals surface area (Å²) in [5.74, 6) is -1.12. The molecule has 0 unspecified atom stereocenters. The number of hydrogen-bond donors (Lipinski definition) is 1. The third-order valence-corrected chi connectivity index (χ3v) is 5.08. The van der Waals surface area contributed by atoms with Crippen molar-refractivity contribution in [1.82, 2.24) is 4.98 Å². The van der Waals surface area contributed by atoms with Crippen LogP contribution in [0.2, 0.25) is 0 Å². The van der Waals surface area contributed by atoms with Gasteiger partial charge >= 0.3 is 5.97 Å². The number of benzene rings is 2. The van der Waals surface area contributed by atoms with Crippen LogP contribution in [-0.2, 0) is 4.74 Å². The minimum atomic E-state index is -0.769. The monoisotopic (exact) mass is 393 g/mol. The average Bonchev–Trinajstić information content (AvgIpc) is 3.41. The molecule has 8 heteroatoms. The number of ketones is 1. The fraction of sp³-hybridized carbons (Fsp3) is 0.238. The molecular formula is C21H19N3O5. The fourth-order valence-corrected chi connectivity index (χ4v) is 3.62. The first kappa shape index (κ1) is 18.7. The molecule has 0 saturated carbocycles. The van der Waals surface area contributed by atoms with Gasteiger partial charge in [0.2, 0.25) is 5.78 Å². The van der Waals surface area contributed by atoms with E-state index in [2.05, 4.69) is 4.98 Å². The van der Waals surface area contributed by atoms with E-state index in [4.69, 9.17) is 4.74 Å². The lowest BCUT2D eigenvalue weighted by molar-refractivity contribution is -0.384. The number of nitrogens with zero attached hydrogens (tertiary/aromatic N) is 2. The molecule has 1 aromatic heterocycles. The number of nitrogens with one attached hydrogen (secondary N) is 1. The van der Waals surface area contributed by atoms with Gasteiger partial charge in [-0.1, -0.05) is 18.2 Å². The molecule has 2 aromatic carbocycles. The molecule has 148 valence electrons. The quantitative estimate of drug-likeness (QED) is 0.296. The second-order valence-corrected chi connectivity index (χ2v) is 6.90. The lowest BCUT2D eigenvalue weighted by Gasteiger charge is -2.17. The van der Waals surface area contributed by atoms with Gasteiger partial charge in [-0.3, -0.25) is 14.9 Å². The number of esters is 1. The topological polar surface area (TPSA) is 106 Å². The first-order valence-corrected chi connectivity index (χ1v) is 9.34. The molecule has 1 saturated heterocycles. The number of rotatable bonds is 6. The van der Waals surface area contributed by atoms with Gasteiger partial charge in [0, 0.05) is 41.8 Å². The first-order valence-electron chi connectivity index (χ1n) is 9.34. The Hall–Kier alpha value is -3.68. The van der Waals surface area contributed by atoms with Gasteiger partial charge in [0.25, 0.3) is 5.69 Å². The Morgan fingerprint density at radius 2 is 1.90 bits per heavy atom. The summed E-state index contributed by atoms with van der Waals surface area (Å²) in [6.45, 7) is 1.07. The molecule has 1 fully saturated rings. The Kier molecular flexibility index (Phi) is 4.99. The van der Waals surface area contributed by atoms with Crippen molar-refractivity contribution in [3.8, 4) is 0 Å². The van der Waals surface area contributed by atoms with Crippen LogP contribution in [0.15, 0.2) is 48.7 Å². The summed E-state index contributed by atoms with van der Waals surface area (Å²) in [7, 11) is 0. The molecule has 2 heterocycles. The van der Waals surface area contributed by atoms with E-state index in [1.54, 1.807) is 18.3 Å². The number of carbonyl (C=O) groups excluding carboxylic acids is 2. The van der Waals surface area contributed by atoms with Gasteiger partial charge < -0.3 is 14.6 Å². The maximum atomic E-state index is 12.4. The van der Waals surface area contributed by atoms with E-state index in [1.165, 1.54) is 12.1 Å². The number of hydrogen-bond acceptors (Lipinski definition) is 6. The van der Waals surface area contributed by atoms with Crippen LogP contribution in [0.5, 0.6) is 0 Å². The summed E-state index contributed by atoms with van der Waals surface area (Å²) in [6.07, 6.45) is 3.55. The summed E-state index contributed by atoms with van der Waals surface area (Å²) in [4.78, 5) is 40.7. The number of carbonyl (C=O) groups is 2. The predicted octanol–water partition coefficient (Wildman–Crippen LogP) is 3.72. The van der Waals surface area contributed by atoms with E-state index < -0.39 is 17.5 Å². The van der Waals surface area contributed by atoms with Crippen LogP contribution in [-0.4, -0.2) is 41.4 Å². The number of nitro groups is 1. The third kappa shape index (κ3) is 3.69. The van der Waals surface area contributed by atoms with Crippen LogP contribution >= 0.6 is 0 Å². The van der Waals surface area contributed by atoms with Crippen LogP contribution in [0.1, 0.15) is 33.6 Å². The molecule has 8 nitrogen and oxygen atoms in total. The van der Waals surface area contributed by atoms with Crippen molar-refractivity contribution < 1.29 is 19.2 Å². The minimum Gasteiger partial charge on any atom is -0.454 e. The highest BCUT2D eigenvalue weighted by molar-refractivity contribution is 6.09. The van der Waals surface area contributed by atoms with Crippen molar-refractivity contribution in [3.63, 3.8) is 0 Å². The van der Waals surface area contributed by atoms with E-state index in [0.29, 0.717) is 11.3 Å². The maximum Gasteiger partial charge on any atom is 0.338 e. The lowest BCUT2D eigenvalue weighted by atomic mass is 10.1. The Labute approximate surface area is 166 Å². The molecule has 0 radical (unpaired) electrons. The molecule has 3 aromatic rings. The molecule has 1 aliphatic heterocycles. The average molecular weight is 393 g/mol. The lowest BCUT2D eigenvalue weighted by Crippen LogP contribution is -2.19. The molecule has 29 heavy (non-hydrogen) atoms. The van der Waals surface area contributed by atoms with E-state index in [9.17, 15) is 19.7 Å². The molecule has 0 atom stereocenters. The third-order valence-electron chi connectivity index (χ3n) is 5.08. The van der Waals surface area contributed by atoms with Gasteiger partial charge in [-0.2, -0.15) is 0 Å². The number of ether oxygens (including phenoxy) is 1. The summed E-state index contributed by atoms with van der Waals surface area (Å²) in [5.41, 5.74) is 1.66. The Bertz CT molecular complexity index is 1100. The van der Waals surface area contributed by atoms with Crippen LogP contribution < -0.4 is 4.90 Å². The minimum absolute atomic E-state index is 0.0476. The number of aromatic amines is 1. The number of para-hydroxylation sites is 1. The molecule has 0 aliphatic carbocycles. The highest BCUT2D eigenvalue weighted by atomic mass is 16.6. The largest absolute Gasteiger partial charge is 0.454 e. The zero-order chi connectivity index (χ0) is 20.4. The second kappa shape index (κ2) is 7.75. The zero-order valence-corrected chi connectivity index (χ0v) is 15.6. The number of H-pyrrole nitrogens is 1. The summed E-state index contributed by atoms with van der Waals surface area (Å²) in [6, 6.07) is 11.6. The van der Waals surface area contributed by atoms with Crippen molar-refractivity contribution in [1.29, 1.82) is 0 Å². The van der Waals surface area contributed by atoms with Crippen molar-refractivity contribution in [2.24, 2.45) is 0 Å². The highest BCUT2D eigenvalue weighted by Gasteiger charge is 2.24. The molecular weight excluding hydrogens is 374 g/mol. The number of aromatic nitrogens is 1. The van der Waals surface area contributed by atoms with Crippen LogP contribution in [0.3, 0.4) is 0 Å². The van der Waals surface area contributed by atoms with Gasteiger partial charge in [-0.15, -0.1) is 0 Å². The fourth-order valence-electron chi connectivity index (χ4n) is 3.62. The molecule has 0 amide bonds. The molecule has 4 rings (SSSR count). The van der Waals surface area contributed by atoms with Crippen molar-refractivity contribution in [2.75, 3.05) is 24.6 Å². The number of Topliss-reactive ketones (excluding diaryl/α,β-unsaturated/α-hetero) is 1.